The van der Waals surface area contributed by atoms with Crippen LogP contribution in [0.5, 0.6) is 0 Å². The van der Waals surface area contributed by atoms with Crippen LogP contribution in [-0.2, 0) is 28.3 Å². The first-order chi connectivity index (χ1) is 20.1. The van der Waals surface area contributed by atoms with Crippen LogP contribution in [0.3, 0.4) is 0 Å². The van der Waals surface area contributed by atoms with Crippen molar-refractivity contribution in [3.8, 4) is 0 Å². The van der Waals surface area contributed by atoms with Crippen LogP contribution in [-0.4, -0.2) is 42.4 Å². The highest BCUT2D eigenvalue weighted by molar-refractivity contribution is 6.30. The quantitative estimate of drug-likeness (QED) is 0.185. The van der Waals surface area contributed by atoms with Gasteiger partial charge in [0.25, 0.3) is 5.91 Å². The standard InChI is InChI=1S/C30H27ClF6N2O4/c1-3-43-28(42)19-6-10-24(11-7-19)38-26(40)13-12-25(14-18-4-8-23(31)9-5-18)39(2)27(41)20-15-21(29(32,33)34)17-22(16-20)30(35,36)37/h4-11,15-17,25H,3,12-14H2,1-2H3,(H,38,40). The third kappa shape index (κ3) is 9.47. The topological polar surface area (TPSA) is 75.7 Å². The SMILES string of the molecule is CCOC(=O)c1ccc(NC(=O)CCC(Cc2ccc(Cl)cc2)N(C)C(=O)c2cc(C(F)(F)F)cc(C(F)(F)F)c2)cc1. The molecule has 0 fully saturated rings. The molecule has 1 N–H and O–H groups in total. The molecule has 3 aromatic rings. The van der Waals surface area contributed by atoms with Gasteiger partial charge in [0.05, 0.1) is 23.3 Å². The maximum absolute atomic E-state index is 13.4. The van der Waals surface area contributed by atoms with Gasteiger partial charge in [-0.3, -0.25) is 9.59 Å². The van der Waals surface area contributed by atoms with Crippen molar-refractivity contribution in [2.45, 2.75) is 44.6 Å². The molecule has 0 heterocycles. The monoisotopic (exact) mass is 628 g/mol. The zero-order valence-electron chi connectivity index (χ0n) is 23.0. The zero-order valence-corrected chi connectivity index (χ0v) is 23.7. The van der Waals surface area contributed by atoms with E-state index in [1.807, 2.05) is 0 Å². The molecule has 0 aromatic heterocycles. The lowest BCUT2D eigenvalue weighted by Crippen LogP contribution is -2.39. The highest BCUT2D eigenvalue weighted by atomic mass is 35.5. The van der Waals surface area contributed by atoms with Gasteiger partial charge in [-0.05, 0) is 79.9 Å². The second-order valence-corrected chi connectivity index (χ2v) is 10.0. The Balaban J connectivity index is 1.82. The van der Waals surface area contributed by atoms with Gasteiger partial charge in [-0.1, -0.05) is 23.7 Å². The highest BCUT2D eigenvalue weighted by Gasteiger charge is 2.38. The number of ether oxygens (including phenoxy) is 1. The van der Waals surface area contributed by atoms with Crippen LogP contribution >= 0.6 is 11.6 Å². The predicted octanol–water partition coefficient (Wildman–Crippen LogP) is 7.66. The summed E-state index contributed by atoms with van der Waals surface area (Å²) in [4.78, 5) is 38.9. The van der Waals surface area contributed by atoms with Gasteiger partial charge in [0.1, 0.15) is 0 Å². The van der Waals surface area contributed by atoms with Gasteiger partial charge in [0.15, 0.2) is 0 Å². The van der Waals surface area contributed by atoms with E-state index in [0.717, 1.165) is 4.90 Å². The normalized spacial score (nSPS) is 12.4. The first-order valence-electron chi connectivity index (χ1n) is 13.0. The van der Waals surface area contributed by atoms with Crippen molar-refractivity contribution >= 4 is 35.1 Å². The molecule has 1 unspecified atom stereocenters. The van der Waals surface area contributed by atoms with Gasteiger partial charge < -0.3 is 15.0 Å². The van der Waals surface area contributed by atoms with E-state index in [0.29, 0.717) is 28.4 Å². The molecular weight excluding hydrogens is 602 g/mol. The summed E-state index contributed by atoms with van der Waals surface area (Å²) in [6.07, 6.45) is -10.2. The number of carbonyl (C=O) groups excluding carboxylic acids is 3. The number of hydrogen-bond acceptors (Lipinski definition) is 4. The Morgan fingerprint density at radius 2 is 1.42 bits per heavy atom. The molecule has 3 aromatic carbocycles. The molecule has 0 saturated carbocycles. The van der Waals surface area contributed by atoms with E-state index < -0.39 is 52.9 Å². The first-order valence-corrected chi connectivity index (χ1v) is 13.3. The third-order valence-electron chi connectivity index (χ3n) is 6.47. The smallest absolute Gasteiger partial charge is 0.416 e. The number of rotatable bonds is 10. The van der Waals surface area contributed by atoms with Crippen molar-refractivity contribution in [1.82, 2.24) is 4.90 Å². The van der Waals surface area contributed by atoms with Crippen LogP contribution in [0.15, 0.2) is 66.7 Å². The Kier molecular flexibility index (Phi) is 10.8. The fourth-order valence-corrected chi connectivity index (χ4v) is 4.32. The second kappa shape index (κ2) is 13.9. The Labute approximate surface area is 248 Å². The van der Waals surface area contributed by atoms with Crippen molar-refractivity contribution in [2.24, 2.45) is 0 Å². The van der Waals surface area contributed by atoms with E-state index in [9.17, 15) is 40.7 Å². The minimum absolute atomic E-state index is 0.0166. The van der Waals surface area contributed by atoms with Crippen molar-refractivity contribution in [2.75, 3.05) is 19.0 Å². The fraction of sp³-hybridized carbons (Fsp3) is 0.300. The van der Waals surface area contributed by atoms with Gasteiger partial charge in [-0.15, -0.1) is 0 Å². The van der Waals surface area contributed by atoms with E-state index in [2.05, 4.69) is 5.32 Å². The van der Waals surface area contributed by atoms with Gasteiger partial charge in [0, 0.05) is 35.8 Å². The van der Waals surface area contributed by atoms with Crippen molar-refractivity contribution in [3.63, 3.8) is 0 Å². The summed E-state index contributed by atoms with van der Waals surface area (Å²) in [5.41, 5.74) is -2.68. The number of carbonyl (C=O) groups is 3. The fourth-order valence-electron chi connectivity index (χ4n) is 4.20. The molecule has 13 heteroatoms. The van der Waals surface area contributed by atoms with E-state index in [1.165, 1.54) is 31.3 Å². The van der Waals surface area contributed by atoms with Crippen molar-refractivity contribution in [3.05, 3.63) is 99.6 Å². The molecule has 0 saturated heterocycles. The van der Waals surface area contributed by atoms with E-state index in [-0.39, 0.29) is 37.5 Å². The summed E-state index contributed by atoms with van der Waals surface area (Å²) >= 11 is 5.94. The number of likely N-dealkylation sites (N-methyl/N-ethyl adjacent to an activating group) is 1. The molecule has 0 spiro atoms. The van der Waals surface area contributed by atoms with Gasteiger partial charge in [-0.2, -0.15) is 26.3 Å². The van der Waals surface area contributed by atoms with Crippen molar-refractivity contribution in [1.29, 1.82) is 0 Å². The van der Waals surface area contributed by atoms with Crippen LogP contribution in [0.2, 0.25) is 5.02 Å². The summed E-state index contributed by atoms with van der Waals surface area (Å²) in [6.45, 7) is 1.86. The molecule has 3 rings (SSSR count). The number of benzene rings is 3. The number of amides is 2. The Hall–Kier alpha value is -4.06. The minimum Gasteiger partial charge on any atom is -0.462 e. The summed E-state index contributed by atoms with van der Waals surface area (Å²) < 4.78 is 85.3. The Morgan fingerprint density at radius 1 is 0.860 bits per heavy atom. The number of alkyl halides is 6. The molecule has 43 heavy (non-hydrogen) atoms. The molecular formula is C30H27ClF6N2O4. The number of nitrogens with zero attached hydrogens (tertiary/aromatic N) is 1. The van der Waals surface area contributed by atoms with E-state index >= 15 is 0 Å². The van der Waals surface area contributed by atoms with Crippen LogP contribution in [0.25, 0.3) is 0 Å². The lowest BCUT2D eigenvalue weighted by molar-refractivity contribution is -0.143. The summed E-state index contributed by atoms with van der Waals surface area (Å²) in [5.74, 6) is -2.07. The molecule has 2 amide bonds. The average molecular weight is 629 g/mol. The number of anilines is 1. The molecule has 6 nitrogen and oxygen atoms in total. The summed E-state index contributed by atoms with van der Waals surface area (Å²) in [6, 6.07) is 12.3. The molecule has 1 atom stereocenters. The number of halogens is 7. The maximum atomic E-state index is 13.4. The lowest BCUT2D eigenvalue weighted by atomic mass is 9.98. The van der Waals surface area contributed by atoms with Crippen LogP contribution in [0.4, 0.5) is 32.0 Å². The van der Waals surface area contributed by atoms with Gasteiger partial charge in [0.2, 0.25) is 5.91 Å². The van der Waals surface area contributed by atoms with E-state index in [1.54, 1.807) is 31.2 Å². The maximum Gasteiger partial charge on any atom is 0.416 e. The molecule has 0 bridgehead atoms. The number of hydrogen-bond donors (Lipinski definition) is 1. The van der Waals surface area contributed by atoms with E-state index in [4.69, 9.17) is 16.3 Å². The second-order valence-electron chi connectivity index (χ2n) is 9.58. The van der Waals surface area contributed by atoms with Crippen LogP contribution in [0.1, 0.15) is 57.2 Å². The number of esters is 1. The van der Waals surface area contributed by atoms with Crippen LogP contribution in [0, 0.1) is 0 Å². The average Bonchev–Trinajstić information content (AvgIpc) is 2.94. The highest BCUT2D eigenvalue weighted by Crippen LogP contribution is 2.36. The number of nitrogens with one attached hydrogen (secondary N) is 1. The predicted molar refractivity (Wildman–Crippen MR) is 148 cm³/mol. The largest absolute Gasteiger partial charge is 0.462 e. The minimum atomic E-state index is -5.12. The van der Waals surface area contributed by atoms with Crippen LogP contribution < -0.4 is 5.32 Å². The molecule has 0 aliphatic rings. The molecule has 0 radical (unpaired) electrons. The summed E-state index contributed by atoms with van der Waals surface area (Å²) in [5, 5.41) is 3.08. The molecule has 230 valence electrons. The van der Waals surface area contributed by atoms with Gasteiger partial charge in [-0.25, -0.2) is 4.79 Å². The first kappa shape index (κ1) is 33.4. The zero-order chi connectivity index (χ0) is 31.9. The lowest BCUT2D eigenvalue weighted by Gasteiger charge is -2.29. The Morgan fingerprint density at radius 3 is 1.93 bits per heavy atom. The Bertz CT molecular complexity index is 1410. The molecule has 0 aliphatic carbocycles. The molecule has 0 aliphatic heterocycles. The van der Waals surface area contributed by atoms with Gasteiger partial charge >= 0.3 is 18.3 Å². The summed E-state index contributed by atoms with van der Waals surface area (Å²) in [7, 11) is 1.25. The van der Waals surface area contributed by atoms with Crippen molar-refractivity contribution < 1.29 is 45.5 Å². The third-order valence-corrected chi connectivity index (χ3v) is 6.72.